The average Bonchev–Trinajstić information content (AvgIpc) is 3.26. The van der Waals surface area contributed by atoms with Crippen LogP contribution >= 0.6 is 0 Å². The summed E-state index contributed by atoms with van der Waals surface area (Å²) in [4.78, 5) is 19.8. The number of aryl methyl sites for hydroxylation is 3. The zero-order chi connectivity index (χ0) is 15.6. The van der Waals surface area contributed by atoms with Crippen LogP contribution in [0.3, 0.4) is 0 Å². The van der Waals surface area contributed by atoms with Crippen LogP contribution in [-0.4, -0.2) is 29.5 Å². The highest BCUT2D eigenvalue weighted by atomic mass is 15.1. The number of H-pyrrole nitrogens is 2. The van der Waals surface area contributed by atoms with E-state index in [9.17, 15) is 0 Å². The van der Waals surface area contributed by atoms with Gasteiger partial charge >= 0.3 is 0 Å². The second-order valence-corrected chi connectivity index (χ2v) is 5.69. The summed E-state index contributed by atoms with van der Waals surface area (Å²) in [5.41, 5.74) is 3.39. The Morgan fingerprint density at radius 3 is 3.00 bits per heavy atom. The summed E-state index contributed by atoms with van der Waals surface area (Å²) >= 11 is 0. The van der Waals surface area contributed by atoms with E-state index in [1.165, 1.54) is 5.56 Å². The molecule has 0 unspecified atom stereocenters. The Kier molecular flexibility index (Phi) is 3.42. The summed E-state index contributed by atoms with van der Waals surface area (Å²) in [6.07, 6.45) is 9.24. The molecule has 2 N–H and O–H groups in total. The van der Waals surface area contributed by atoms with Crippen molar-refractivity contribution >= 4 is 11.0 Å². The molecule has 0 spiro atoms. The van der Waals surface area contributed by atoms with E-state index in [0.29, 0.717) is 0 Å². The minimum absolute atomic E-state index is 0.800. The number of imidazole rings is 3. The number of benzene rings is 1. The van der Waals surface area contributed by atoms with Crippen molar-refractivity contribution in [2.75, 3.05) is 0 Å². The highest BCUT2D eigenvalue weighted by molar-refractivity contribution is 5.75. The maximum absolute atomic E-state index is 4.65. The van der Waals surface area contributed by atoms with Gasteiger partial charge in [-0.15, -0.1) is 0 Å². The maximum Gasteiger partial charge on any atom is 0.176 e. The Morgan fingerprint density at radius 2 is 2.13 bits per heavy atom. The Morgan fingerprint density at radius 1 is 1.17 bits per heavy atom. The fraction of sp³-hybridized carbons (Fsp3) is 0.235. The van der Waals surface area contributed by atoms with E-state index in [-0.39, 0.29) is 0 Å². The van der Waals surface area contributed by atoms with Crippen LogP contribution in [-0.2, 0) is 13.0 Å². The molecule has 0 bridgehead atoms. The van der Waals surface area contributed by atoms with Gasteiger partial charge in [0.2, 0.25) is 0 Å². The largest absolute Gasteiger partial charge is 0.342 e. The molecule has 0 aliphatic heterocycles. The van der Waals surface area contributed by atoms with Gasteiger partial charge < -0.3 is 14.5 Å². The van der Waals surface area contributed by atoms with E-state index < -0.39 is 0 Å². The number of hydrogen-bond donors (Lipinski definition) is 2. The van der Waals surface area contributed by atoms with E-state index in [1.807, 2.05) is 18.6 Å². The van der Waals surface area contributed by atoms with E-state index in [1.54, 1.807) is 6.20 Å². The van der Waals surface area contributed by atoms with E-state index in [0.717, 1.165) is 47.9 Å². The monoisotopic (exact) mass is 306 g/mol. The third-order valence-electron chi connectivity index (χ3n) is 3.92. The molecular formula is C17H18N6. The third kappa shape index (κ3) is 2.75. The molecule has 3 heterocycles. The lowest BCUT2D eigenvalue weighted by Gasteiger charge is -2.05. The Labute approximate surface area is 133 Å². The molecule has 0 saturated heterocycles. The first-order valence-corrected chi connectivity index (χ1v) is 7.76. The number of fused-ring (bicyclic) bond motifs is 1. The summed E-state index contributed by atoms with van der Waals surface area (Å²) < 4.78 is 2.12. The third-order valence-corrected chi connectivity index (χ3v) is 3.92. The number of hydrogen-bond acceptors (Lipinski definition) is 3. The Hall–Kier alpha value is -2.89. The van der Waals surface area contributed by atoms with Gasteiger partial charge in [0.05, 0.1) is 11.0 Å². The molecule has 116 valence electrons. The quantitative estimate of drug-likeness (QED) is 0.595. The van der Waals surface area contributed by atoms with E-state index >= 15 is 0 Å². The van der Waals surface area contributed by atoms with Crippen LogP contribution in [0.1, 0.15) is 17.8 Å². The minimum atomic E-state index is 0.800. The highest BCUT2D eigenvalue weighted by Crippen LogP contribution is 2.16. The summed E-state index contributed by atoms with van der Waals surface area (Å²) in [5, 5.41) is 0. The van der Waals surface area contributed by atoms with Gasteiger partial charge in [0, 0.05) is 37.8 Å². The molecule has 6 heteroatoms. The molecule has 4 rings (SSSR count). The van der Waals surface area contributed by atoms with Gasteiger partial charge in [-0.05, 0) is 31.0 Å². The smallest absolute Gasteiger partial charge is 0.176 e. The lowest BCUT2D eigenvalue weighted by atomic mass is 10.2. The van der Waals surface area contributed by atoms with Crippen LogP contribution < -0.4 is 0 Å². The van der Waals surface area contributed by atoms with Gasteiger partial charge in [0.1, 0.15) is 5.82 Å². The number of nitrogens with one attached hydrogen (secondary N) is 2. The molecule has 3 aromatic heterocycles. The molecule has 23 heavy (non-hydrogen) atoms. The molecule has 0 amide bonds. The Balaban J connectivity index is 1.44. The summed E-state index contributed by atoms with van der Waals surface area (Å²) in [5.74, 6) is 2.70. The van der Waals surface area contributed by atoms with Crippen molar-refractivity contribution in [1.82, 2.24) is 29.5 Å². The van der Waals surface area contributed by atoms with Gasteiger partial charge in [-0.3, -0.25) is 0 Å². The second-order valence-electron chi connectivity index (χ2n) is 5.69. The van der Waals surface area contributed by atoms with Crippen LogP contribution in [0.4, 0.5) is 0 Å². The van der Waals surface area contributed by atoms with Gasteiger partial charge in [-0.2, -0.15) is 0 Å². The molecule has 0 saturated carbocycles. The first-order valence-electron chi connectivity index (χ1n) is 7.76. The Bertz CT molecular complexity index is 916. The SMILES string of the molecule is Cc1ccc2nc(CCCn3ccnc3-c3ncc[nH]3)[nH]c2c1. The lowest BCUT2D eigenvalue weighted by Crippen LogP contribution is -2.02. The zero-order valence-corrected chi connectivity index (χ0v) is 13.0. The molecule has 0 fully saturated rings. The summed E-state index contributed by atoms with van der Waals surface area (Å²) in [6.45, 7) is 2.97. The fourth-order valence-corrected chi connectivity index (χ4v) is 2.81. The minimum Gasteiger partial charge on any atom is -0.342 e. The second kappa shape index (κ2) is 5.72. The number of aromatic nitrogens is 6. The van der Waals surface area contributed by atoms with E-state index in [4.69, 9.17) is 0 Å². The van der Waals surface area contributed by atoms with Crippen LogP contribution in [0.15, 0.2) is 43.0 Å². The molecular weight excluding hydrogens is 288 g/mol. The zero-order valence-electron chi connectivity index (χ0n) is 13.0. The predicted molar refractivity (Wildman–Crippen MR) is 89.0 cm³/mol. The molecule has 0 aliphatic carbocycles. The van der Waals surface area contributed by atoms with Crippen molar-refractivity contribution in [2.45, 2.75) is 26.3 Å². The van der Waals surface area contributed by atoms with Crippen molar-refractivity contribution in [3.05, 3.63) is 54.4 Å². The predicted octanol–water partition coefficient (Wildman–Crippen LogP) is 3.09. The normalized spacial score (nSPS) is 11.3. The summed E-state index contributed by atoms with van der Waals surface area (Å²) in [7, 11) is 0. The van der Waals surface area contributed by atoms with Gasteiger partial charge in [0.25, 0.3) is 0 Å². The maximum atomic E-state index is 4.65. The van der Waals surface area contributed by atoms with E-state index in [2.05, 4.69) is 54.6 Å². The first-order chi connectivity index (χ1) is 11.3. The molecule has 1 aromatic carbocycles. The number of aromatic amines is 2. The van der Waals surface area contributed by atoms with Crippen LogP contribution in [0.25, 0.3) is 22.7 Å². The molecule has 4 aromatic rings. The van der Waals surface area contributed by atoms with Crippen LogP contribution in [0, 0.1) is 6.92 Å². The highest BCUT2D eigenvalue weighted by Gasteiger charge is 2.08. The number of nitrogens with zero attached hydrogens (tertiary/aromatic N) is 4. The van der Waals surface area contributed by atoms with Crippen molar-refractivity contribution in [2.24, 2.45) is 0 Å². The van der Waals surface area contributed by atoms with Crippen molar-refractivity contribution in [3.8, 4) is 11.6 Å². The van der Waals surface area contributed by atoms with Gasteiger partial charge in [-0.25, -0.2) is 15.0 Å². The standard InChI is InChI=1S/C17H18N6/c1-12-4-5-13-14(11-12)22-15(21-13)3-2-9-23-10-8-20-17(23)16-18-6-7-19-16/h4-8,10-11H,2-3,9H2,1H3,(H,18,19)(H,21,22). The fourth-order valence-electron chi connectivity index (χ4n) is 2.81. The molecule has 6 nitrogen and oxygen atoms in total. The summed E-state index contributed by atoms with van der Waals surface area (Å²) in [6, 6.07) is 6.29. The van der Waals surface area contributed by atoms with Gasteiger partial charge in [-0.1, -0.05) is 6.07 Å². The van der Waals surface area contributed by atoms with Crippen molar-refractivity contribution in [3.63, 3.8) is 0 Å². The molecule has 0 aliphatic rings. The first kappa shape index (κ1) is 13.8. The topological polar surface area (TPSA) is 75.2 Å². The lowest BCUT2D eigenvalue weighted by molar-refractivity contribution is 0.635. The van der Waals surface area contributed by atoms with Crippen molar-refractivity contribution in [1.29, 1.82) is 0 Å². The molecule has 0 atom stereocenters. The van der Waals surface area contributed by atoms with Crippen LogP contribution in [0.5, 0.6) is 0 Å². The van der Waals surface area contributed by atoms with Crippen molar-refractivity contribution < 1.29 is 0 Å². The average molecular weight is 306 g/mol. The van der Waals surface area contributed by atoms with Crippen LogP contribution in [0.2, 0.25) is 0 Å². The van der Waals surface area contributed by atoms with Gasteiger partial charge in [0.15, 0.2) is 11.6 Å². The molecule has 0 radical (unpaired) electrons. The number of rotatable bonds is 5.